The van der Waals surface area contributed by atoms with E-state index in [1.165, 1.54) is 0 Å². The molecule has 0 saturated carbocycles. The highest BCUT2D eigenvalue weighted by Crippen LogP contribution is 2.44. The second-order valence-corrected chi connectivity index (χ2v) is 20.1. The van der Waals surface area contributed by atoms with Crippen molar-refractivity contribution in [3.05, 3.63) is 47.3 Å². The maximum atomic E-state index is 12.1. The fourth-order valence-corrected chi connectivity index (χ4v) is 7.96. The summed E-state index contributed by atoms with van der Waals surface area (Å²) < 4.78 is 32.6. The van der Waals surface area contributed by atoms with Gasteiger partial charge in [-0.25, -0.2) is 23.1 Å². The predicted octanol–water partition coefficient (Wildman–Crippen LogP) is 5.33. The molecule has 0 spiro atoms. The van der Waals surface area contributed by atoms with Gasteiger partial charge in [0, 0.05) is 36.4 Å². The summed E-state index contributed by atoms with van der Waals surface area (Å²) in [6.07, 6.45) is 2.20. The monoisotopic (exact) mass is 593 g/mol. The zero-order valence-electron chi connectivity index (χ0n) is 24.9. The number of sulfone groups is 1. The van der Waals surface area contributed by atoms with Gasteiger partial charge < -0.3 is 15.1 Å². The third kappa shape index (κ3) is 5.76. The molecule has 1 fully saturated rings. The summed E-state index contributed by atoms with van der Waals surface area (Å²) in [6, 6.07) is 9.79. The van der Waals surface area contributed by atoms with Crippen molar-refractivity contribution in [3.8, 4) is 17.3 Å². The second kappa shape index (κ2) is 10.2. The maximum Gasteiger partial charge on any atom is 0.228 e. The van der Waals surface area contributed by atoms with Gasteiger partial charge in [-0.1, -0.05) is 27.7 Å². The molecule has 41 heavy (non-hydrogen) atoms. The molecule has 0 aliphatic carbocycles. The maximum absolute atomic E-state index is 12.1. The summed E-state index contributed by atoms with van der Waals surface area (Å²) in [7, 11) is -5.03. The molecular weight excluding hydrogens is 555 g/mol. The molecule has 1 unspecified atom stereocenters. The highest BCUT2D eigenvalue weighted by atomic mass is 32.2. The van der Waals surface area contributed by atoms with Crippen LogP contribution in [0.1, 0.15) is 57.0 Å². The van der Waals surface area contributed by atoms with Crippen molar-refractivity contribution in [2.75, 3.05) is 35.3 Å². The molecule has 2 aliphatic rings. The summed E-state index contributed by atoms with van der Waals surface area (Å²) in [5.41, 5.74) is 4.44. The highest BCUT2D eigenvalue weighted by molar-refractivity contribution is 7.91. The Morgan fingerprint density at radius 2 is 2.05 bits per heavy atom. The van der Waals surface area contributed by atoms with E-state index >= 15 is 0 Å². The van der Waals surface area contributed by atoms with E-state index in [9.17, 15) is 13.7 Å². The van der Waals surface area contributed by atoms with Gasteiger partial charge in [-0.05, 0) is 55.2 Å². The summed E-state index contributed by atoms with van der Waals surface area (Å²) in [5, 5.41) is 21.4. The van der Waals surface area contributed by atoms with Gasteiger partial charge in [0.2, 0.25) is 5.95 Å². The van der Waals surface area contributed by atoms with Crippen molar-refractivity contribution >= 4 is 35.6 Å². The van der Waals surface area contributed by atoms with Crippen molar-refractivity contribution in [1.29, 1.82) is 5.26 Å². The SMILES string of the molecule is Cc1cc(Nc2nccc(-c3cc(C#N)c4c(c3)[C@@](C)(CO[Si](C)(C)C(C)(C)C)CN4)n2)n(C2CCS(=O)(=O)C2)n1. The quantitative estimate of drug-likeness (QED) is 0.349. The Labute approximate surface area is 243 Å². The van der Waals surface area contributed by atoms with Gasteiger partial charge >= 0.3 is 0 Å². The zero-order chi connectivity index (χ0) is 29.8. The van der Waals surface area contributed by atoms with E-state index in [4.69, 9.17) is 9.41 Å². The van der Waals surface area contributed by atoms with Crippen LogP contribution in [0.25, 0.3) is 11.3 Å². The van der Waals surface area contributed by atoms with E-state index in [0.717, 1.165) is 22.5 Å². The third-order valence-corrected chi connectivity index (χ3v) is 15.0. The Morgan fingerprint density at radius 1 is 1.29 bits per heavy atom. The lowest BCUT2D eigenvalue weighted by molar-refractivity contribution is 0.220. The first kappa shape index (κ1) is 29.2. The molecule has 3 aromatic rings. The lowest BCUT2D eigenvalue weighted by Crippen LogP contribution is -2.45. The standard InChI is InChI=1S/C29H39N7O3SSi/c1-19-12-25(36(35-19)22-9-11-40(37,38)16-22)34-27-31-10-8-24(33-27)20-13-21(15-30)26-23(14-20)29(5,17-32-26)18-39-41(6,7)28(2,3)4/h8,10,12-14,22,32H,9,11,16-18H2,1-7H3,(H,31,33,34)/t22?,29-/m1/s1. The number of benzene rings is 1. The first-order valence-corrected chi connectivity index (χ1v) is 18.7. The van der Waals surface area contributed by atoms with Gasteiger partial charge in [-0.15, -0.1) is 0 Å². The molecule has 0 bridgehead atoms. The second-order valence-electron chi connectivity index (χ2n) is 13.1. The van der Waals surface area contributed by atoms with Crippen molar-refractivity contribution in [3.63, 3.8) is 0 Å². The summed E-state index contributed by atoms with van der Waals surface area (Å²) >= 11 is 0. The Kier molecular flexibility index (Phi) is 7.29. The molecular formula is C29H39N7O3SSi. The van der Waals surface area contributed by atoms with Crippen LogP contribution in [0.3, 0.4) is 0 Å². The number of hydrogen-bond acceptors (Lipinski definition) is 9. The number of nitriles is 1. The molecule has 218 valence electrons. The van der Waals surface area contributed by atoms with E-state index in [0.29, 0.717) is 42.6 Å². The van der Waals surface area contributed by atoms with Crippen LogP contribution in [0.15, 0.2) is 30.5 Å². The van der Waals surface area contributed by atoms with Crippen LogP contribution in [0, 0.1) is 18.3 Å². The van der Waals surface area contributed by atoms with Gasteiger partial charge in [0.1, 0.15) is 11.9 Å². The van der Waals surface area contributed by atoms with Crippen LogP contribution in [-0.2, 0) is 19.7 Å². The first-order valence-electron chi connectivity index (χ1n) is 13.9. The zero-order valence-corrected chi connectivity index (χ0v) is 26.7. The molecule has 1 aromatic carbocycles. The number of aromatic nitrogens is 4. The number of fused-ring (bicyclic) bond motifs is 1. The minimum absolute atomic E-state index is 0.0711. The van der Waals surface area contributed by atoms with Gasteiger partial charge in [0.15, 0.2) is 18.2 Å². The molecule has 4 heterocycles. The third-order valence-electron chi connectivity index (χ3n) is 8.73. The Balaban J connectivity index is 1.45. The number of hydrogen-bond donors (Lipinski definition) is 2. The van der Waals surface area contributed by atoms with E-state index in [-0.39, 0.29) is 28.0 Å². The molecule has 1 saturated heterocycles. The van der Waals surface area contributed by atoms with Crippen LogP contribution in [0.5, 0.6) is 0 Å². The van der Waals surface area contributed by atoms with Crippen molar-refractivity contribution in [2.24, 2.45) is 0 Å². The van der Waals surface area contributed by atoms with E-state index in [1.807, 2.05) is 25.1 Å². The van der Waals surface area contributed by atoms with Crippen molar-refractivity contribution in [2.45, 2.75) is 70.6 Å². The topological polar surface area (TPSA) is 135 Å². The number of nitrogens with one attached hydrogen (secondary N) is 2. The Morgan fingerprint density at radius 3 is 2.71 bits per heavy atom. The summed E-state index contributed by atoms with van der Waals surface area (Å²) in [5.74, 6) is 1.25. The lowest BCUT2D eigenvalue weighted by Gasteiger charge is -2.39. The number of rotatable bonds is 7. The minimum Gasteiger partial charge on any atom is -0.416 e. The largest absolute Gasteiger partial charge is 0.416 e. The van der Waals surface area contributed by atoms with Gasteiger partial charge in [-0.2, -0.15) is 10.4 Å². The molecule has 12 heteroatoms. The lowest BCUT2D eigenvalue weighted by atomic mass is 9.83. The van der Waals surface area contributed by atoms with Gasteiger partial charge in [0.25, 0.3) is 0 Å². The molecule has 5 rings (SSSR count). The molecule has 2 atom stereocenters. The normalized spacial score (nSPS) is 21.8. The number of anilines is 3. The fourth-order valence-electron chi connectivity index (χ4n) is 5.16. The molecule has 2 aromatic heterocycles. The molecule has 0 radical (unpaired) electrons. The van der Waals surface area contributed by atoms with Crippen molar-refractivity contribution in [1.82, 2.24) is 19.7 Å². The summed E-state index contributed by atoms with van der Waals surface area (Å²) in [4.78, 5) is 9.19. The average Bonchev–Trinajstić information content (AvgIpc) is 3.56. The van der Waals surface area contributed by atoms with Crippen LogP contribution in [0.4, 0.5) is 17.5 Å². The van der Waals surface area contributed by atoms with E-state index in [1.54, 1.807) is 10.9 Å². The molecule has 2 N–H and O–H groups in total. The molecule has 10 nitrogen and oxygen atoms in total. The van der Waals surface area contributed by atoms with E-state index < -0.39 is 18.2 Å². The number of nitrogens with zero attached hydrogens (tertiary/aromatic N) is 5. The Bertz CT molecular complexity index is 1640. The minimum atomic E-state index is -3.07. The van der Waals surface area contributed by atoms with Crippen LogP contribution in [0.2, 0.25) is 18.1 Å². The first-order chi connectivity index (χ1) is 19.1. The van der Waals surface area contributed by atoms with Gasteiger partial charge in [-0.3, -0.25) is 0 Å². The van der Waals surface area contributed by atoms with Crippen molar-refractivity contribution < 1.29 is 12.8 Å². The number of aryl methyl sites for hydroxylation is 1. The van der Waals surface area contributed by atoms with Crippen LogP contribution in [-0.4, -0.2) is 61.1 Å². The summed E-state index contributed by atoms with van der Waals surface area (Å²) in [6.45, 7) is 16.5. The van der Waals surface area contributed by atoms with Gasteiger partial charge in [0.05, 0.1) is 40.2 Å². The predicted molar refractivity (Wildman–Crippen MR) is 164 cm³/mol. The van der Waals surface area contributed by atoms with Crippen LogP contribution >= 0.6 is 0 Å². The average molecular weight is 594 g/mol. The Hall–Kier alpha value is -3.27. The van der Waals surface area contributed by atoms with Crippen LogP contribution < -0.4 is 10.6 Å². The fraction of sp³-hybridized carbons (Fsp3) is 0.517. The molecule has 2 aliphatic heterocycles. The van der Waals surface area contributed by atoms with E-state index in [2.05, 4.69) is 73.6 Å². The molecule has 0 amide bonds. The smallest absolute Gasteiger partial charge is 0.228 e. The highest BCUT2D eigenvalue weighted by Gasteiger charge is 2.42.